The number of hydrogen-bond acceptors (Lipinski definition) is 3. The van der Waals surface area contributed by atoms with Crippen LogP contribution in [-0.4, -0.2) is 64.8 Å². The highest BCUT2D eigenvalue weighted by atomic mass is 16.2. The standard InChI is InChI=1S/C19H26N4O2/c1-21(13-15-6-2-3-8-20-15)17(24)16-12-19(16)7-11-23(14-19)18(25)22-9-4-5-10-22/h2-3,6,8,16H,4-5,7,9-14H2,1H3/t16-,19+/m1/s1. The smallest absolute Gasteiger partial charge is 0.320 e. The van der Waals surface area contributed by atoms with Gasteiger partial charge in [0, 0.05) is 50.8 Å². The molecule has 1 spiro atoms. The number of carbonyl (C=O) groups excluding carboxylic acids is 2. The van der Waals surface area contributed by atoms with Crippen molar-refractivity contribution in [2.24, 2.45) is 11.3 Å². The van der Waals surface area contributed by atoms with Gasteiger partial charge >= 0.3 is 6.03 Å². The Labute approximate surface area is 148 Å². The summed E-state index contributed by atoms with van der Waals surface area (Å²) in [6.07, 6.45) is 5.86. The van der Waals surface area contributed by atoms with Crippen molar-refractivity contribution in [3.63, 3.8) is 0 Å². The lowest BCUT2D eigenvalue weighted by molar-refractivity contribution is -0.132. The molecule has 6 heteroatoms. The van der Waals surface area contributed by atoms with E-state index in [1.54, 1.807) is 11.1 Å². The predicted molar refractivity (Wildman–Crippen MR) is 93.6 cm³/mol. The van der Waals surface area contributed by atoms with E-state index in [-0.39, 0.29) is 23.3 Å². The van der Waals surface area contributed by atoms with Gasteiger partial charge < -0.3 is 14.7 Å². The molecule has 1 aliphatic carbocycles. The predicted octanol–water partition coefficient (Wildman–Crippen LogP) is 1.97. The van der Waals surface area contributed by atoms with Crippen molar-refractivity contribution in [3.05, 3.63) is 30.1 Å². The Hall–Kier alpha value is -2.11. The van der Waals surface area contributed by atoms with Gasteiger partial charge in [0.05, 0.1) is 12.2 Å². The molecule has 25 heavy (non-hydrogen) atoms. The summed E-state index contributed by atoms with van der Waals surface area (Å²) in [5, 5.41) is 0. The van der Waals surface area contributed by atoms with E-state index in [0.29, 0.717) is 6.54 Å². The molecule has 0 unspecified atom stereocenters. The first-order chi connectivity index (χ1) is 12.1. The molecular weight excluding hydrogens is 316 g/mol. The Kier molecular flexibility index (Phi) is 4.13. The Morgan fingerprint density at radius 1 is 1.24 bits per heavy atom. The number of rotatable bonds is 3. The van der Waals surface area contributed by atoms with Gasteiger partial charge in [-0.2, -0.15) is 0 Å². The van der Waals surface area contributed by atoms with Gasteiger partial charge in [0.25, 0.3) is 0 Å². The highest BCUT2D eigenvalue weighted by Crippen LogP contribution is 2.59. The summed E-state index contributed by atoms with van der Waals surface area (Å²) in [4.78, 5) is 35.4. The van der Waals surface area contributed by atoms with E-state index >= 15 is 0 Å². The number of urea groups is 1. The zero-order valence-electron chi connectivity index (χ0n) is 14.9. The van der Waals surface area contributed by atoms with Crippen molar-refractivity contribution in [2.45, 2.75) is 32.2 Å². The Bertz CT molecular complexity index is 659. The van der Waals surface area contributed by atoms with E-state index in [9.17, 15) is 9.59 Å². The van der Waals surface area contributed by atoms with Crippen molar-refractivity contribution in [1.29, 1.82) is 0 Å². The fourth-order valence-electron chi connectivity index (χ4n) is 4.39. The number of pyridine rings is 1. The fraction of sp³-hybridized carbons (Fsp3) is 0.632. The summed E-state index contributed by atoms with van der Waals surface area (Å²) in [6, 6.07) is 5.94. The second-order valence-corrected chi connectivity index (χ2v) is 7.78. The van der Waals surface area contributed by atoms with Gasteiger partial charge in [0.15, 0.2) is 0 Å². The van der Waals surface area contributed by atoms with Gasteiger partial charge in [0.2, 0.25) is 5.91 Å². The minimum absolute atomic E-state index is 0.0326. The summed E-state index contributed by atoms with van der Waals surface area (Å²) < 4.78 is 0. The van der Waals surface area contributed by atoms with E-state index in [0.717, 1.165) is 57.6 Å². The van der Waals surface area contributed by atoms with Crippen molar-refractivity contribution < 1.29 is 9.59 Å². The third kappa shape index (κ3) is 3.10. The van der Waals surface area contributed by atoms with Gasteiger partial charge in [-0.05, 0) is 37.8 Å². The van der Waals surface area contributed by atoms with Crippen molar-refractivity contribution in [1.82, 2.24) is 19.7 Å². The number of aromatic nitrogens is 1. The molecular formula is C19H26N4O2. The lowest BCUT2D eigenvalue weighted by Crippen LogP contribution is -2.40. The largest absolute Gasteiger partial charge is 0.340 e. The zero-order valence-corrected chi connectivity index (χ0v) is 14.9. The minimum Gasteiger partial charge on any atom is -0.340 e. The summed E-state index contributed by atoms with van der Waals surface area (Å²) >= 11 is 0. The SMILES string of the molecule is CN(Cc1ccccn1)C(=O)[C@H]1C[C@]12CCN(C(=O)N1CCCC1)C2. The molecule has 2 aliphatic heterocycles. The van der Waals surface area contributed by atoms with Gasteiger partial charge in [-0.25, -0.2) is 4.79 Å². The van der Waals surface area contributed by atoms with E-state index in [2.05, 4.69) is 4.98 Å². The number of nitrogens with zero attached hydrogens (tertiary/aromatic N) is 4. The molecule has 3 fully saturated rings. The molecule has 0 N–H and O–H groups in total. The molecule has 3 amide bonds. The van der Waals surface area contributed by atoms with Gasteiger partial charge in [-0.1, -0.05) is 6.07 Å². The summed E-state index contributed by atoms with van der Waals surface area (Å²) in [5.74, 6) is 0.263. The van der Waals surface area contributed by atoms with Crippen LogP contribution in [0, 0.1) is 11.3 Å². The van der Waals surface area contributed by atoms with Crippen LogP contribution in [0.2, 0.25) is 0 Å². The van der Waals surface area contributed by atoms with Crippen LogP contribution in [0.3, 0.4) is 0 Å². The van der Waals surface area contributed by atoms with Crippen molar-refractivity contribution in [2.75, 3.05) is 33.2 Å². The molecule has 3 heterocycles. The second kappa shape index (κ2) is 6.32. The van der Waals surface area contributed by atoms with Crippen LogP contribution in [0.1, 0.15) is 31.4 Å². The molecule has 0 aromatic carbocycles. The molecule has 1 saturated carbocycles. The van der Waals surface area contributed by atoms with E-state index in [1.165, 1.54) is 0 Å². The summed E-state index contributed by atoms with van der Waals surface area (Å²) in [5.41, 5.74) is 0.940. The highest BCUT2D eigenvalue weighted by molar-refractivity contribution is 5.83. The Balaban J connectivity index is 1.33. The molecule has 0 radical (unpaired) electrons. The lowest BCUT2D eigenvalue weighted by atomic mass is 10.0. The van der Waals surface area contributed by atoms with Crippen molar-refractivity contribution in [3.8, 4) is 0 Å². The quantitative estimate of drug-likeness (QED) is 0.844. The maximum atomic E-state index is 12.8. The molecule has 2 atom stereocenters. The van der Waals surface area contributed by atoms with Gasteiger partial charge in [-0.15, -0.1) is 0 Å². The van der Waals surface area contributed by atoms with Crippen LogP contribution in [0.4, 0.5) is 4.79 Å². The van der Waals surface area contributed by atoms with Crippen LogP contribution < -0.4 is 0 Å². The Morgan fingerprint density at radius 2 is 2.04 bits per heavy atom. The zero-order chi connectivity index (χ0) is 17.4. The molecule has 6 nitrogen and oxygen atoms in total. The van der Waals surface area contributed by atoms with Crippen LogP contribution >= 0.6 is 0 Å². The monoisotopic (exact) mass is 342 g/mol. The van der Waals surface area contributed by atoms with Crippen LogP contribution in [-0.2, 0) is 11.3 Å². The van der Waals surface area contributed by atoms with Crippen LogP contribution in [0.15, 0.2) is 24.4 Å². The lowest BCUT2D eigenvalue weighted by Gasteiger charge is -2.24. The Morgan fingerprint density at radius 3 is 2.76 bits per heavy atom. The normalized spacial score (nSPS) is 27.8. The van der Waals surface area contributed by atoms with Gasteiger partial charge in [0.1, 0.15) is 0 Å². The molecule has 2 saturated heterocycles. The second-order valence-electron chi connectivity index (χ2n) is 7.78. The number of amides is 3. The topological polar surface area (TPSA) is 56.8 Å². The maximum Gasteiger partial charge on any atom is 0.320 e. The number of carbonyl (C=O) groups is 2. The summed E-state index contributed by atoms with van der Waals surface area (Å²) in [7, 11) is 1.85. The minimum atomic E-state index is 0.0326. The van der Waals surface area contributed by atoms with Crippen LogP contribution in [0.5, 0.6) is 0 Å². The average Bonchev–Trinajstić information content (AvgIpc) is 2.97. The number of hydrogen-bond donors (Lipinski definition) is 0. The fourth-order valence-corrected chi connectivity index (χ4v) is 4.39. The molecule has 0 bridgehead atoms. The van der Waals surface area contributed by atoms with E-state index in [4.69, 9.17) is 0 Å². The van der Waals surface area contributed by atoms with E-state index < -0.39 is 0 Å². The van der Waals surface area contributed by atoms with Gasteiger partial charge in [-0.3, -0.25) is 9.78 Å². The third-order valence-electron chi connectivity index (χ3n) is 6.02. The first-order valence-corrected chi connectivity index (χ1v) is 9.28. The summed E-state index contributed by atoms with van der Waals surface area (Å²) in [6.45, 7) is 3.86. The van der Waals surface area contributed by atoms with Crippen molar-refractivity contribution >= 4 is 11.9 Å². The molecule has 3 aliphatic rings. The first kappa shape index (κ1) is 16.4. The maximum absolute atomic E-state index is 12.8. The average molecular weight is 342 g/mol. The molecule has 1 aromatic heterocycles. The van der Waals surface area contributed by atoms with E-state index in [1.807, 2.05) is 35.0 Å². The highest BCUT2D eigenvalue weighted by Gasteiger charge is 2.62. The molecule has 134 valence electrons. The molecule has 4 rings (SSSR count). The number of likely N-dealkylation sites (tertiary alicyclic amines) is 2. The third-order valence-corrected chi connectivity index (χ3v) is 6.02. The first-order valence-electron chi connectivity index (χ1n) is 9.28. The molecule has 1 aromatic rings. The van der Waals surface area contributed by atoms with Crippen LogP contribution in [0.25, 0.3) is 0 Å².